The molecule has 0 saturated carbocycles. The van der Waals surface area contributed by atoms with E-state index in [4.69, 9.17) is 27.0 Å². The first-order valence-electron chi connectivity index (χ1n) is 13.3. The number of non-ortho nitro benzene ring substituents is 1. The number of thiocarbonyl (C=S) groups is 1. The van der Waals surface area contributed by atoms with Gasteiger partial charge >= 0.3 is 0 Å². The average molecular weight is 612 g/mol. The van der Waals surface area contributed by atoms with Crippen LogP contribution in [-0.4, -0.2) is 48.9 Å². The molecule has 0 radical (unpaired) electrons. The van der Waals surface area contributed by atoms with Crippen LogP contribution in [0, 0.1) is 32.8 Å². The third kappa shape index (κ3) is 7.53. The predicted octanol–water partition coefficient (Wildman–Crippen LogP) is 5.33. The highest BCUT2D eigenvalue weighted by atomic mass is 32.2. The number of benzene rings is 2. The van der Waals surface area contributed by atoms with Crippen LogP contribution in [0.25, 0.3) is 0 Å². The number of nitriles is 1. The number of hydrogen-bond donors (Lipinski definition) is 1. The molecule has 10 nitrogen and oxygen atoms in total. The largest absolute Gasteiger partial charge is 0.477 e. The van der Waals surface area contributed by atoms with Gasteiger partial charge in [-0.25, -0.2) is 0 Å². The SMILES string of the molecule is CCS[C@@H]1[C@@H]([C@@H](C)O)C(=O)N1C(C(=S)OCc1ccc([N+](=O)[O-])cc1)=C(Oc1ccc(CC#N)cc1)C(=O)C(C)(C)C. The average Bonchev–Trinajstić information content (AvgIpc) is 2.93. The van der Waals surface area contributed by atoms with Gasteiger partial charge < -0.3 is 14.6 Å². The van der Waals surface area contributed by atoms with E-state index >= 15 is 0 Å². The Balaban J connectivity index is 2.12. The van der Waals surface area contributed by atoms with Crippen molar-refractivity contribution >= 4 is 46.4 Å². The fraction of sp³-hybridized carbons (Fsp3) is 0.400. The van der Waals surface area contributed by atoms with Gasteiger partial charge in [0.25, 0.3) is 5.69 Å². The lowest BCUT2D eigenvalue weighted by atomic mass is 9.87. The first kappa shape index (κ1) is 32.7. The van der Waals surface area contributed by atoms with Crippen molar-refractivity contribution in [1.82, 2.24) is 4.90 Å². The highest BCUT2D eigenvalue weighted by Gasteiger charge is 2.54. The highest BCUT2D eigenvalue weighted by Crippen LogP contribution is 2.42. The molecule has 12 heteroatoms. The molecule has 1 saturated heterocycles. The van der Waals surface area contributed by atoms with Crippen LogP contribution in [0.5, 0.6) is 5.75 Å². The second kappa shape index (κ2) is 13.9. The van der Waals surface area contributed by atoms with E-state index in [1.807, 2.05) is 6.92 Å². The van der Waals surface area contributed by atoms with E-state index in [1.54, 1.807) is 45.0 Å². The fourth-order valence-electron chi connectivity index (χ4n) is 4.18. The van der Waals surface area contributed by atoms with Crippen molar-refractivity contribution in [2.75, 3.05) is 5.75 Å². The minimum atomic E-state index is -0.944. The van der Waals surface area contributed by atoms with Crippen molar-refractivity contribution in [2.24, 2.45) is 11.3 Å². The second-order valence-electron chi connectivity index (χ2n) is 10.7. The summed E-state index contributed by atoms with van der Waals surface area (Å²) >= 11 is 7.10. The van der Waals surface area contributed by atoms with E-state index in [0.29, 0.717) is 17.1 Å². The lowest BCUT2D eigenvalue weighted by Crippen LogP contribution is -2.63. The Labute approximate surface area is 254 Å². The molecule has 0 bridgehead atoms. The topological polar surface area (TPSA) is 143 Å². The number of rotatable bonds is 12. The van der Waals surface area contributed by atoms with E-state index in [9.17, 15) is 24.8 Å². The molecule has 3 rings (SSSR count). The molecule has 0 spiro atoms. The maximum atomic E-state index is 13.9. The summed E-state index contributed by atoms with van der Waals surface area (Å²) in [7, 11) is 0. The minimum Gasteiger partial charge on any atom is -0.477 e. The van der Waals surface area contributed by atoms with Crippen molar-refractivity contribution in [3.05, 3.63) is 81.2 Å². The zero-order valence-electron chi connectivity index (χ0n) is 24.0. The third-order valence-corrected chi connectivity index (χ3v) is 7.91. The van der Waals surface area contributed by atoms with Gasteiger partial charge in [0.1, 0.15) is 18.1 Å². The van der Waals surface area contributed by atoms with E-state index < -0.39 is 39.4 Å². The minimum absolute atomic E-state index is 0.0270. The van der Waals surface area contributed by atoms with Gasteiger partial charge in [-0.05, 0) is 60.3 Å². The molecule has 1 aliphatic rings. The summed E-state index contributed by atoms with van der Waals surface area (Å²) < 4.78 is 12.1. The number of carbonyl (C=O) groups is 2. The van der Waals surface area contributed by atoms with E-state index in [1.165, 1.54) is 47.9 Å². The van der Waals surface area contributed by atoms with Gasteiger partial charge in [0, 0.05) is 17.5 Å². The smallest absolute Gasteiger partial charge is 0.269 e. The Kier molecular flexibility index (Phi) is 10.8. The van der Waals surface area contributed by atoms with Crippen molar-refractivity contribution in [2.45, 2.75) is 59.1 Å². The van der Waals surface area contributed by atoms with Crippen LogP contribution in [0.3, 0.4) is 0 Å². The molecule has 1 amide bonds. The number of allylic oxidation sites excluding steroid dienone is 1. The Bertz CT molecular complexity index is 1410. The number of likely N-dealkylation sites (tertiary alicyclic amines) is 1. The van der Waals surface area contributed by atoms with Crippen LogP contribution >= 0.6 is 24.0 Å². The van der Waals surface area contributed by atoms with Gasteiger partial charge in [0.2, 0.25) is 16.7 Å². The summed E-state index contributed by atoms with van der Waals surface area (Å²) in [6.45, 7) is 8.49. The Morgan fingerprint density at radius 2 is 1.79 bits per heavy atom. The summed E-state index contributed by atoms with van der Waals surface area (Å²) in [6, 6.07) is 14.5. The third-order valence-electron chi connectivity index (χ3n) is 6.42. The van der Waals surface area contributed by atoms with Crippen molar-refractivity contribution in [3.63, 3.8) is 0 Å². The zero-order valence-corrected chi connectivity index (χ0v) is 25.7. The fourth-order valence-corrected chi connectivity index (χ4v) is 5.68. The first-order chi connectivity index (χ1) is 19.8. The van der Waals surface area contributed by atoms with Crippen LogP contribution < -0.4 is 4.74 Å². The normalized spacial score (nSPS) is 17.8. The molecule has 0 unspecified atom stereocenters. The quantitative estimate of drug-likeness (QED) is 0.0835. The predicted molar refractivity (Wildman–Crippen MR) is 162 cm³/mol. The number of nitro benzene ring substituents is 1. The van der Waals surface area contributed by atoms with Crippen LogP contribution in [0.4, 0.5) is 5.69 Å². The van der Waals surface area contributed by atoms with Gasteiger partial charge in [0.05, 0.1) is 34.8 Å². The number of amides is 1. The number of nitro groups is 1. The molecule has 42 heavy (non-hydrogen) atoms. The van der Waals surface area contributed by atoms with Crippen LogP contribution in [0.1, 0.15) is 45.7 Å². The lowest BCUT2D eigenvalue weighted by molar-refractivity contribution is -0.384. The van der Waals surface area contributed by atoms with Gasteiger partial charge in [-0.2, -0.15) is 5.26 Å². The summed E-state index contributed by atoms with van der Waals surface area (Å²) in [5.41, 5.74) is 0.290. The molecule has 0 aromatic heterocycles. The maximum absolute atomic E-state index is 13.9. The molecule has 2 aromatic carbocycles. The van der Waals surface area contributed by atoms with E-state index in [-0.39, 0.29) is 35.2 Å². The van der Waals surface area contributed by atoms with E-state index in [0.717, 1.165) is 5.56 Å². The maximum Gasteiger partial charge on any atom is 0.269 e. The van der Waals surface area contributed by atoms with Gasteiger partial charge in [0.15, 0.2) is 5.76 Å². The molecule has 0 aliphatic carbocycles. The molecule has 2 aromatic rings. The van der Waals surface area contributed by atoms with Crippen LogP contribution in [0.2, 0.25) is 0 Å². The Morgan fingerprint density at radius 3 is 2.29 bits per heavy atom. The number of ether oxygens (including phenoxy) is 2. The van der Waals surface area contributed by atoms with Crippen molar-refractivity contribution < 1.29 is 29.1 Å². The Hall–Kier alpha value is -3.79. The first-order valence-corrected chi connectivity index (χ1v) is 14.7. The molecule has 1 fully saturated rings. The number of carbonyl (C=O) groups excluding carboxylic acids is 2. The zero-order chi connectivity index (χ0) is 31.2. The number of nitrogens with zero attached hydrogens (tertiary/aromatic N) is 3. The van der Waals surface area contributed by atoms with Crippen LogP contribution in [-0.2, 0) is 27.4 Å². The number of aliphatic hydroxyl groups excluding tert-OH is 1. The summed E-state index contributed by atoms with van der Waals surface area (Å²) in [6.07, 6.45) is -0.738. The second-order valence-corrected chi connectivity index (χ2v) is 12.4. The summed E-state index contributed by atoms with van der Waals surface area (Å²) in [5, 5.41) is 29.7. The summed E-state index contributed by atoms with van der Waals surface area (Å²) in [5.74, 6) is -0.875. The molecule has 1 N–H and O–H groups in total. The number of aliphatic hydroxyl groups is 1. The van der Waals surface area contributed by atoms with E-state index in [2.05, 4.69) is 6.07 Å². The molecule has 1 aliphatic heterocycles. The molecular weight excluding hydrogens is 578 g/mol. The summed E-state index contributed by atoms with van der Waals surface area (Å²) in [4.78, 5) is 39.3. The number of Topliss-reactive ketones (excluding diaryl/α,β-unsaturated/α-hetero) is 1. The van der Waals surface area contributed by atoms with Crippen molar-refractivity contribution in [1.29, 1.82) is 5.26 Å². The molecule has 222 valence electrons. The number of β-lactam (4-membered cyclic amide) rings is 1. The number of ketones is 1. The monoisotopic (exact) mass is 611 g/mol. The molecular formula is C30H33N3O7S2. The molecule has 1 heterocycles. The highest BCUT2D eigenvalue weighted by molar-refractivity contribution is 8.00. The van der Waals surface area contributed by atoms with Crippen LogP contribution in [0.15, 0.2) is 60.0 Å². The molecule has 3 atom stereocenters. The van der Waals surface area contributed by atoms with Gasteiger partial charge in [-0.3, -0.25) is 24.6 Å². The van der Waals surface area contributed by atoms with Crippen molar-refractivity contribution in [3.8, 4) is 11.8 Å². The van der Waals surface area contributed by atoms with Gasteiger partial charge in [-0.15, -0.1) is 11.8 Å². The lowest BCUT2D eigenvalue weighted by Gasteiger charge is -2.48. The van der Waals surface area contributed by atoms with Gasteiger partial charge in [-0.1, -0.05) is 39.8 Å². The number of hydrogen-bond acceptors (Lipinski definition) is 10. The Morgan fingerprint density at radius 1 is 1.19 bits per heavy atom. The standard InChI is InChI=1S/C30H33N3O7S2/c1-6-42-28-23(18(2)34)27(36)32(28)24(29(41)39-17-20-7-11-21(12-8-20)33(37)38)25(26(35)30(3,4)5)40-22-13-9-19(10-14-22)15-16-31/h7-14,18,23,28,34H,6,15,17H2,1-5H3/t18-,23+,28-/m1/s1. The number of thioether (sulfide) groups is 1.